The standard InChI is InChI=1S/C25H38/c1-19-24(21-13-7-3-8-14-21)17-23(20-11-5-2-6-12-20)18-25(19)22-15-9-4-10-16-22/h17-18,20-22H,2-16H2,1H3. The van der Waals surface area contributed by atoms with Crippen molar-refractivity contribution in [2.45, 2.75) is 121 Å². The number of rotatable bonds is 3. The molecule has 3 saturated carbocycles. The molecule has 0 atom stereocenters. The van der Waals surface area contributed by atoms with E-state index < -0.39 is 0 Å². The van der Waals surface area contributed by atoms with E-state index in [2.05, 4.69) is 19.1 Å². The molecular weight excluding hydrogens is 300 g/mol. The fourth-order valence-electron chi connectivity index (χ4n) is 6.13. The molecule has 3 fully saturated rings. The van der Waals surface area contributed by atoms with Crippen LogP contribution in [-0.4, -0.2) is 0 Å². The zero-order valence-corrected chi connectivity index (χ0v) is 16.5. The van der Waals surface area contributed by atoms with Crippen LogP contribution in [0, 0.1) is 6.92 Å². The van der Waals surface area contributed by atoms with Crippen molar-refractivity contribution < 1.29 is 0 Å². The van der Waals surface area contributed by atoms with Crippen LogP contribution >= 0.6 is 0 Å². The molecule has 138 valence electrons. The molecule has 0 heteroatoms. The van der Waals surface area contributed by atoms with E-state index in [9.17, 15) is 0 Å². The Kier molecular flexibility index (Phi) is 5.83. The van der Waals surface area contributed by atoms with Gasteiger partial charge < -0.3 is 0 Å². The Morgan fingerprint density at radius 1 is 0.520 bits per heavy atom. The zero-order chi connectivity index (χ0) is 17.1. The molecule has 0 N–H and O–H groups in total. The number of benzene rings is 1. The highest BCUT2D eigenvalue weighted by molar-refractivity contribution is 5.44. The molecule has 0 unspecified atom stereocenters. The fraction of sp³-hybridized carbons (Fsp3) is 0.760. The van der Waals surface area contributed by atoms with Crippen LogP contribution in [0.2, 0.25) is 0 Å². The Balaban J connectivity index is 1.70. The molecule has 0 nitrogen and oxygen atoms in total. The lowest BCUT2D eigenvalue weighted by Gasteiger charge is -2.31. The molecule has 0 aliphatic heterocycles. The van der Waals surface area contributed by atoms with Crippen molar-refractivity contribution >= 4 is 0 Å². The van der Waals surface area contributed by atoms with E-state index in [-0.39, 0.29) is 0 Å². The molecule has 0 amide bonds. The zero-order valence-electron chi connectivity index (χ0n) is 16.5. The summed E-state index contributed by atoms with van der Waals surface area (Å²) >= 11 is 0. The molecule has 0 heterocycles. The fourth-order valence-corrected chi connectivity index (χ4v) is 6.13. The van der Waals surface area contributed by atoms with Crippen LogP contribution in [0.25, 0.3) is 0 Å². The normalized spacial score (nSPS) is 24.5. The summed E-state index contributed by atoms with van der Waals surface area (Å²) < 4.78 is 0. The van der Waals surface area contributed by atoms with E-state index in [0.29, 0.717) is 0 Å². The Labute approximate surface area is 155 Å². The van der Waals surface area contributed by atoms with Crippen molar-refractivity contribution in [1.82, 2.24) is 0 Å². The predicted molar refractivity (Wildman–Crippen MR) is 109 cm³/mol. The topological polar surface area (TPSA) is 0 Å². The number of hydrogen-bond acceptors (Lipinski definition) is 0. The SMILES string of the molecule is Cc1c(C2CCCCC2)cc(C2CCCCC2)cc1C1CCCCC1. The molecule has 1 aromatic rings. The van der Waals surface area contributed by atoms with Crippen LogP contribution in [0.3, 0.4) is 0 Å². The average Bonchev–Trinajstić information content (AvgIpc) is 2.70. The lowest BCUT2D eigenvalue weighted by Crippen LogP contribution is -2.14. The second kappa shape index (κ2) is 8.28. The Morgan fingerprint density at radius 3 is 1.28 bits per heavy atom. The maximum absolute atomic E-state index is 2.69. The molecule has 25 heavy (non-hydrogen) atoms. The summed E-state index contributed by atoms with van der Waals surface area (Å²) in [5.41, 5.74) is 6.96. The monoisotopic (exact) mass is 338 g/mol. The Hall–Kier alpha value is -0.780. The molecule has 0 saturated heterocycles. The summed E-state index contributed by atoms with van der Waals surface area (Å²) in [6.45, 7) is 2.47. The van der Waals surface area contributed by atoms with Gasteiger partial charge in [-0.1, -0.05) is 69.9 Å². The Bertz CT molecular complexity index is 512. The second-order valence-electron chi connectivity index (χ2n) is 9.33. The van der Waals surface area contributed by atoms with Gasteiger partial charge in [0.1, 0.15) is 0 Å². The summed E-state index contributed by atoms with van der Waals surface area (Å²) in [6.07, 6.45) is 21.8. The maximum atomic E-state index is 2.69. The quantitative estimate of drug-likeness (QED) is 0.521. The molecule has 0 spiro atoms. The predicted octanol–water partition coefficient (Wildman–Crippen LogP) is 8.14. The van der Waals surface area contributed by atoms with E-state index in [1.165, 1.54) is 96.3 Å². The summed E-state index contributed by atoms with van der Waals surface area (Å²) in [4.78, 5) is 0. The summed E-state index contributed by atoms with van der Waals surface area (Å²) in [7, 11) is 0. The smallest absolute Gasteiger partial charge is 0.0159 e. The summed E-state index contributed by atoms with van der Waals surface area (Å²) in [6, 6.07) is 5.38. The van der Waals surface area contributed by atoms with Gasteiger partial charge >= 0.3 is 0 Å². The minimum absolute atomic E-state index is 0.860. The second-order valence-corrected chi connectivity index (χ2v) is 9.33. The third-order valence-electron chi connectivity index (χ3n) is 7.68. The van der Waals surface area contributed by atoms with Crippen molar-refractivity contribution in [3.63, 3.8) is 0 Å². The third-order valence-corrected chi connectivity index (χ3v) is 7.68. The van der Waals surface area contributed by atoms with Crippen molar-refractivity contribution in [1.29, 1.82) is 0 Å². The van der Waals surface area contributed by atoms with Crippen molar-refractivity contribution in [2.75, 3.05) is 0 Å². The van der Waals surface area contributed by atoms with Crippen LogP contribution in [0.1, 0.15) is 136 Å². The maximum Gasteiger partial charge on any atom is -0.0159 e. The van der Waals surface area contributed by atoms with Crippen molar-refractivity contribution in [3.8, 4) is 0 Å². The van der Waals surface area contributed by atoms with Crippen LogP contribution in [0.5, 0.6) is 0 Å². The molecule has 0 aromatic heterocycles. The van der Waals surface area contributed by atoms with E-state index in [1.807, 2.05) is 0 Å². The van der Waals surface area contributed by atoms with Gasteiger partial charge in [-0.05, 0) is 85.5 Å². The molecule has 0 radical (unpaired) electrons. The van der Waals surface area contributed by atoms with Gasteiger partial charge in [0.05, 0.1) is 0 Å². The van der Waals surface area contributed by atoms with Crippen LogP contribution < -0.4 is 0 Å². The van der Waals surface area contributed by atoms with Crippen LogP contribution in [0.4, 0.5) is 0 Å². The molecular formula is C25H38. The van der Waals surface area contributed by atoms with Gasteiger partial charge in [0, 0.05) is 0 Å². The Morgan fingerprint density at radius 2 is 0.880 bits per heavy atom. The van der Waals surface area contributed by atoms with E-state index in [4.69, 9.17) is 0 Å². The van der Waals surface area contributed by atoms with Gasteiger partial charge in [-0.25, -0.2) is 0 Å². The van der Waals surface area contributed by atoms with Gasteiger partial charge in [0.15, 0.2) is 0 Å². The van der Waals surface area contributed by atoms with Crippen LogP contribution in [-0.2, 0) is 0 Å². The minimum Gasteiger partial charge on any atom is -0.0550 e. The van der Waals surface area contributed by atoms with Gasteiger partial charge in [-0.3, -0.25) is 0 Å². The van der Waals surface area contributed by atoms with Gasteiger partial charge in [-0.2, -0.15) is 0 Å². The van der Waals surface area contributed by atoms with E-state index in [1.54, 1.807) is 22.3 Å². The largest absolute Gasteiger partial charge is 0.0550 e. The van der Waals surface area contributed by atoms with E-state index >= 15 is 0 Å². The molecule has 3 aliphatic carbocycles. The molecule has 0 bridgehead atoms. The van der Waals surface area contributed by atoms with Gasteiger partial charge in [0.2, 0.25) is 0 Å². The highest BCUT2D eigenvalue weighted by Gasteiger charge is 2.26. The van der Waals surface area contributed by atoms with Crippen molar-refractivity contribution in [3.05, 3.63) is 34.4 Å². The number of hydrogen-bond donors (Lipinski definition) is 0. The highest BCUT2D eigenvalue weighted by Crippen LogP contribution is 2.43. The van der Waals surface area contributed by atoms with Crippen LogP contribution in [0.15, 0.2) is 12.1 Å². The third kappa shape index (κ3) is 3.99. The lowest BCUT2D eigenvalue weighted by atomic mass is 9.74. The average molecular weight is 339 g/mol. The summed E-state index contributed by atoms with van der Waals surface area (Å²) in [5, 5.41) is 0. The van der Waals surface area contributed by atoms with Gasteiger partial charge in [0.25, 0.3) is 0 Å². The lowest BCUT2D eigenvalue weighted by molar-refractivity contribution is 0.425. The molecule has 3 aliphatic rings. The highest BCUT2D eigenvalue weighted by atomic mass is 14.3. The van der Waals surface area contributed by atoms with Gasteiger partial charge in [-0.15, -0.1) is 0 Å². The molecule has 1 aromatic carbocycles. The first-order valence-electron chi connectivity index (χ1n) is 11.5. The van der Waals surface area contributed by atoms with Crippen molar-refractivity contribution in [2.24, 2.45) is 0 Å². The molecule has 4 rings (SSSR count). The first-order valence-corrected chi connectivity index (χ1v) is 11.5. The first-order chi connectivity index (χ1) is 12.3. The van der Waals surface area contributed by atoms with E-state index in [0.717, 1.165) is 17.8 Å². The minimum atomic E-state index is 0.860. The first kappa shape index (κ1) is 17.6. The summed E-state index contributed by atoms with van der Waals surface area (Å²) in [5.74, 6) is 2.58.